The van der Waals surface area contributed by atoms with Gasteiger partial charge in [0.1, 0.15) is 47.3 Å². The van der Waals surface area contributed by atoms with Crippen molar-refractivity contribution in [3.63, 3.8) is 0 Å². The molecule has 3 aromatic rings. The van der Waals surface area contributed by atoms with Crippen LogP contribution in [-0.2, 0) is 39.7 Å². The summed E-state index contributed by atoms with van der Waals surface area (Å²) >= 11 is 0. The van der Waals surface area contributed by atoms with Crippen LogP contribution in [0, 0.1) is 17.8 Å². The lowest BCUT2D eigenvalue weighted by Crippen LogP contribution is -2.75. The predicted octanol–water partition coefficient (Wildman–Crippen LogP) is 8.92. The number of ether oxygens (including phenoxy) is 9. The molecule has 3 aromatic carbocycles. The lowest BCUT2D eigenvalue weighted by Gasteiger charge is -2.63. The molecule has 6 aliphatic heterocycles. The van der Waals surface area contributed by atoms with E-state index in [1.165, 1.54) is 24.8 Å². The Kier molecular flexibility index (Phi) is 13.8. The first kappa shape index (κ1) is 56.8. The van der Waals surface area contributed by atoms with Gasteiger partial charge in [-0.25, -0.2) is 9.59 Å². The Morgan fingerprint density at radius 3 is 2.30 bits per heavy atom. The number of hydrogen-bond acceptors (Lipinski definition) is 17. The highest BCUT2D eigenvalue weighted by Gasteiger charge is 2.84. The molecule has 83 heavy (non-hydrogen) atoms. The summed E-state index contributed by atoms with van der Waals surface area (Å²) in [6.45, 7) is 19.6. The standard InChI is InChI=1S/C66H74N2O15/c1-33(2)15-14-26-64(10)27-25-41-54(81-64)40(23-18-34(3)4)56-47(55(41)79-60(74)36-19-21-37(22-20-36)77-61-53(71)52(70)57-43(78-61)32-76-63(8,9)80-57)50-48-45(46-49(68(50)30-29-67)38-16-12-13-17-39(38)51(46)69)42-31-44-62(6,7)83-65(58(42)72,66(44,48)82-56)28-24-35(5)59(73)75-11/h12-13,15-22,24-25,27,42-45,52-53,57,61,70-71H,14,23,26,28-32,67H2,1-11H3/b35-24-/t42-,43+,44?,45?,52+,53+,57+,61+,64?,65?,66?/m0/s1. The number of benzene rings is 3. The molecular weight excluding hydrogens is 1060 g/mol. The van der Waals surface area contributed by atoms with E-state index in [0.29, 0.717) is 87.5 Å². The van der Waals surface area contributed by atoms with Crippen LogP contribution in [0.5, 0.6) is 23.0 Å². The number of Topliss-reactive ketones (excluding diaryl/α,β-unsaturated/α-hetero) is 2. The molecule has 1 spiro atoms. The molecule has 3 saturated heterocycles. The van der Waals surface area contributed by atoms with Crippen molar-refractivity contribution in [1.82, 2.24) is 4.90 Å². The minimum absolute atomic E-state index is 0.0643. The number of carbonyl (C=O) groups excluding carboxylic acids is 4. The van der Waals surface area contributed by atoms with Gasteiger partial charge in [0.15, 0.2) is 34.3 Å². The first-order valence-electron chi connectivity index (χ1n) is 28.9. The van der Waals surface area contributed by atoms with Crippen molar-refractivity contribution in [2.24, 2.45) is 23.5 Å². The van der Waals surface area contributed by atoms with Crippen LogP contribution in [0.25, 0.3) is 17.5 Å². The molecule has 17 nitrogen and oxygen atoms in total. The largest absolute Gasteiger partial charge is 0.482 e. The zero-order chi connectivity index (χ0) is 59.0. The zero-order valence-electron chi connectivity index (χ0n) is 49.0. The Hall–Kier alpha value is -6.70. The van der Waals surface area contributed by atoms with E-state index in [1.54, 1.807) is 39.0 Å². The Bertz CT molecular complexity index is 3460. The van der Waals surface area contributed by atoms with Crippen molar-refractivity contribution in [1.29, 1.82) is 0 Å². The van der Waals surface area contributed by atoms with Crippen molar-refractivity contribution in [3.8, 4) is 23.0 Å². The number of hydrogen-bond donors (Lipinski definition) is 3. The minimum Gasteiger partial charge on any atom is -0.482 e. The van der Waals surface area contributed by atoms with Gasteiger partial charge in [0.2, 0.25) is 6.29 Å². The molecule has 0 aromatic heterocycles. The maximum Gasteiger partial charge on any atom is 0.343 e. The van der Waals surface area contributed by atoms with E-state index in [-0.39, 0.29) is 60.3 Å². The molecule has 11 atom stereocenters. The number of nitrogens with two attached hydrogens (primary N) is 1. The second-order valence-electron chi connectivity index (χ2n) is 25.2. The quantitative estimate of drug-likeness (QED) is 0.0593. The van der Waals surface area contributed by atoms with Crippen LogP contribution in [0.15, 0.2) is 101 Å². The molecule has 6 heterocycles. The Balaban J connectivity index is 1.07. The second kappa shape index (κ2) is 20.2. The van der Waals surface area contributed by atoms with Crippen molar-refractivity contribution < 1.29 is 72.0 Å². The lowest BCUT2D eigenvalue weighted by molar-refractivity contribution is -0.373. The average Bonchev–Trinajstić information content (AvgIpc) is 1.58. The summed E-state index contributed by atoms with van der Waals surface area (Å²) in [6.07, 6.45) is 6.11. The first-order valence-corrected chi connectivity index (χ1v) is 28.9. The van der Waals surface area contributed by atoms with Crippen LogP contribution in [0.4, 0.5) is 0 Å². The summed E-state index contributed by atoms with van der Waals surface area (Å²) in [5.41, 5.74) is 9.21. The summed E-state index contributed by atoms with van der Waals surface area (Å²) in [4.78, 5) is 62.1. The number of nitrogens with zero attached hydrogens (tertiary/aromatic N) is 1. The number of allylic oxidation sites excluding steroid dienone is 5. The minimum atomic E-state index is -1.74. The number of aliphatic hydroxyl groups excluding tert-OH is 2. The molecule has 5 unspecified atom stereocenters. The molecule has 4 bridgehead atoms. The van der Waals surface area contributed by atoms with Gasteiger partial charge in [0.25, 0.3) is 0 Å². The van der Waals surface area contributed by atoms with E-state index in [0.717, 1.165) is 5.57 Å². The number of esters is 2. The SMILES string of the molecule is COC(=O)/C(C)=C\CC12OC(C)(C)C3C[C@H](C1=O)C1C4=C(c5ccccc5C4=O)N(CCN)C4=C1C32Oc1c(CC=C(C)C)c2c(c(OC(=O)c3ccc(O[C@@H]5O[C@@H]6COC(C)(C)O[C@H]6[C@H](O)[C@H]5O)cc3)c14)C=CC(C)(CCC=C(C)C)O2. The fraction of sp³-hybridized carbons (Fsp3) is 0.485. The average molecular weight is 1140 g/mol. The summed E-state index contributed by atoms with van der Waals surface area (Å²) in [7, 11) is 1.31. The number of ketones is 2. The molecule has 0 amide bonds. The van der Waals surface area contributed by atoms with Crippen LogP contribution in [0.3, 0.4) is 0 Å². The van der Waals surface area contributed by atoms with Gasteiger partial charge >= 0.3 is 11.9 Å². The van der Waals surface area contributed by atoms with Crippen molar-refractivity contribution in [3.05, 3.63) is 134 Å². The van der Waals surface area contributed by atoms with Crippen molar-refractivity contribution >= 4 is 41.0 Å². The summed E-state index contributed by atoms with van der Waals surface area (Å²) in [6, 6.07) is 13.6. The molecule has 4 aliphatic carbocycles. The Labute approximate surface area is 483 Å². The van der Waals surface area contributed by atoms with E-state index < -0.39 is 88.6 Å². The predicted molar refractivity (Wildman–Crippen MR) is 306 cm³/mol. The maximum atomic E-state index is 16.2. The molecule has 438 valence electrons. The monoisotopic (exact) mass is 1130 g/mol. The highest BCUT2D eigenvalue weighted by molar-refractivity contribution is 6.23. The van der Waals surface area contributed by atoms with Crippen LogP contribution in [0.2, 0.25) is 0 Å². The van der Waals surface area contributed by atoms with Crippen LogP contribution in [-0.4, -0.2) is 124 Å². The molecule has 13 rings (SSSR count). The molecule has 0 radical (unpaired) electrons. The van der Waals surface area contributed by atoms with E-state index in [9.17, 15) is 15.0 Å². The van der Waals surface area contributed by atoms with Gasteiger partial charge in [-0.1, -0.05) is 53.6 Å². The number of methoxy groups -OCH3 is 1. The topological polar surface area (TPSA) is 221 Å². The highest BCUT2D eigenvalue weighted by Crippen LogP contribution is 2.75. The van der Waals surface area contributed by atoms with Gasteiger partial charge in [-0.15, -0.1) is 0 Å². The Morgan fingerprint density at radius 1 is 0.880 bits per heavy atom. The van der Waals surface area contributed by atoms with Crippen molar-refractivity contribution in [2.45, 2.75) is 160 Å². The molecule has 6 fully saturated rings. The third kappa shape index (κ3) is 8.73. The molecule has 3 saturated carbocycles. The highest BCUT2D eigenvalue weighted by atomic mass is 16.8. The third-order valence-electron chi connectivity index (χ3n) is 18.3. The number of aliphatic hydroxyl groups is 2. The van der Waals surface area contributed by atoms with E-state index in [4.69, 9.17) is 48.4 Å². The molecule has 17 heteroatoms. The van der Waals surface area contributed by atoms with Gasteiger partial charge < -0.3 is 63.5 Å². The number of rotatable bonds is 14. The maximum absolute atomic E-state index is 16.2. The van der Waals surface area contributed by atoms with Crippen LogP contribution < -0.4 is 24.7 Å². The summed E-state index contributed by atoms with van der Waals surface area (Å²) in [5, 5.41) is 22.3. The zero-order valence-corrected chi connectivity index (χ0v) is 49.0. The fourth-order valence-corrected chi connectivity index (χ4v) is 14.6. The smallest absolute Gasteiger partial charge is 0.343 e. The summed E-state index contributed by atoms with van der Waals surface area (Å²) < 4.78 is 58.7. The van der Waals surface area contributed by atoms with Crippen LogP contribution >= 0.6 is 0 Å². The first-order chi connectivity index (χ1) is 39.4. The fourth-order valence-electron chi connectivity index (χ4n) is 14.6. The lowest BCUT2D eigenvalue weighted by atomic mass is 9.44. The van der Waals surface area contributed by atoms with Gasteiger partial charge in [0, 0.05) is 70.7 Å². The number of carbonyl (C=O) groups is 4. The molecule has 4 N–H and O–H groups in total. The van der Waals surface area contributed by atoms with E-state index in [2.05, 4.69) is 30.9 Å². The Morgan fingerprint density at radius 2 is 1.60 bits per heavy atom. The van der Waals surface area contributed by atoms with Gasteiger partial charge in [-0.05, 0) is 131 Å². The normalized spacial score (nSPS) is 31.6. The van der Waals surface area contributed by atoms with Crippen LogP contribution in [0.1, 0.15) is 138 Å². The molecule has 10 aliphatic rings. The van der Waals surface area contributed by atoms with Gasteiger partial charge in [-0.2, -0.15) is 0 Å². The third-order valence-corrected chi connectivity index (χ3v) is 18.3. The van der Waals surface area contributed by atoms with Gasteiger partial charge in [-0.3, -0.25) is 9.59 Å². The van der Waals surface area contributed by atoms with E-state index in [1.807, 2.05) is 71.0 Å². The van der Waals surface area contributed by atoms with Crippen molar-refractivity contribution in [2.75, 3.05) is 26.8 Å². The number of fused-ring (bicyclic) bond motifs is 6. The summed E-state index contributed by atoms with van der Waals surface area (Å²) in [5.74, 6) is -3.66. The second-order valence-corrected chi connectivity index (χ2v) is 25.2. The molecular formula is C66H74N2O15. The van der Waals surface area contributed by atoms with E-state index >= 15 is 14.4 Å². The van der Waals surface area contributed by atoms with Gasteiger partial charge in [0.05, 0.1) is 47.4 Å².